The lowest BCUT2D eigenvalue weighted by Gasteiger charge is -2.40. The summed E-state index contributed by atoms with van der Waals surface area (Å²) in [4.78, 5) is 40.2. The van der Waals surface area contributed by atoms with Crippen LogP contribution in [0.1, 0.15) is 31.1 Å². The van der Waals surface area contributed by atoms with E-state index < -0.39 is 17.2 Å². The van der Waals surface area contributed by atoms with Crippen molar-refractivity contribution in [1.82, 2.24) is 9.47 Å². The van der Waals surface area contributed by atoms with E-state index in [0.717, 1.165) is 0 Å². The molecular weight excluding hydrogens is 393 g/mol. The maximum Gasteiger partial charge on any atom is 0.410 e. The standard InChI is InChI=1S/C21H26FN3O5/c1-5-23-12-15(20(27)29-4)19(26)14-7-8-16(17(22)18(14)23)24-9-10-25(13(3)11-24)21(28)30-6-2/h7-8,12-13H,5-6,9-11H2,1-4H3. The Hall–Kier alpha value is -3.10. The van der Waals surface area contributed by atoms with Gasteiger partial charge in [0.25, 0.3) is 0 Å². The number of piperazine rings is 1. The summed E-state index contributed by atoms with van der Waals surface area (Å²) in [6.45, 7) is 7.37. The summed E-state index contributed by atoms with van der Waals surface area (Å²) < 4.78 is 26.9. The largest absolute Gasteiger partial charge is 0.465 e. The van der Waals surface area contributed by atoms with Gasteiger partial charge in [0.1, 0.15) is 5.56 Å². The minimum absolute atomic E-state index is 0.124. The van der Waals surface area contributed by atoms with Crippen LogP contribution in [0.3, 0.4) is 0 Å². The van der Waals surface area contributed by atoms with Crippen molar-refractivity contribution >= 4 is 28.7 Å². The van der Waals surface area contributed by atoms with Gasteiger partial charge in [-0.3, -0.25) is 4.79 Å². The molecule has 0 bridgehead atoms. The van der Waals surface area contributed by atoms with E-state index in [1.807, 2.05) is 11.8 Å². The van der Waals surface area contributed by atoms with E-state index >= 15 is 4.39 Å². The third kappa shape index (κ3) is 3.71. The molecule has 1 fully saturated rings. The van der Waals surface area contributed by atoms with Crippen LogP contribution in [0, 0.1) is 5.82 Å². The number of pyridine rings is 1. The second-order valence-electron chi connectivity index (χ2n) is 7.13. The monoisotopic (exact) mass is 419 g/mol. The van der Waals surface area contributed by atoms with Crippen LogP contribution >= 0.6 is 0 Å². The fraction of sp³-hybridized carbons (Fsp3) is 0.476. The molecule has 0 saturated carbocycles. The average molecular weight is 419 g/mol. The molecule has 9 heteroatoms. The van der Waals surface area contributed by atoms with E-state index in [-0.39, 0.29) is 28.6 Å². The molecule has 3 rings (SSSR count). The van der Waals surface area contributed by atoms with Crippen molar-refractivity contribution in [3.05, 3.63) is 39.9 Å². The van der Waals surface area contributed by atoms with E-state index in [4.69, 9.17) is 4.74 Å². The molecule has 2 aromatic rings. The highest BCUT2D eigenvalue weighted by Crippen LogP contribution is 2.28. The molecule has 0 spiro atoms. The van der Waals surface area contributed by atoms with E-state index in [1.54, 1.807) is 29.4 Å². The summed E-state index contributed by atoms with van der Waals surface area (Å²) in [7, 11) is 1.20. The van der Waals surface area contributed by atoms with Crippen molar-refractivity contribution in [1.29, 1.82) is 0 Å². The zero-order valence-electron chi connectivity index (χ0n) is 17.6. The number of rotatable bonds is 4. The molecule has 8 nitrogen and oxygen atoms in total. The molecule has 30 heavy (non-hydrogen) atoms. The number of aryl methyl sites for hydroxylation is 1. The topological polar surface area (TPSA) is 81.1 Å². The second kappa shape index (κ2) is 8.73. The van der Waals surface area contributed by atoms with Crippen LogP contribution in [-0.2, 0) is 16.0 Å². The third-order valence-corrected chi connectivity index (χ3v) is 5.37. The zero-order valence-corrected chi connectivity index (χ0v) is 17.6. The first-order valence-electron chi connectivity index (χ1n) is 9.96. The Kier molecular flexibility index (Phi) is 6.28. The SMILES string of the molecule is CCOC(=O)N1CCN(c2ccc3c(=O)c(C(=O)OC)cn(CC)c3c2F)CC1C. The molecule has 1 saturated heterocycles. The predicted octanol–water partition coefficient (Wildman–Crippen LogP) is 2.61. The number of halogens is 1. The van der Waals surface area contributed by atoms with Crippen LogP contribution in [0.4, 0.5) is 14.9 Å². The van der Waals surface area contributed by atoms with Crippen molar-refractivity contribution in [2.75, 3.05) is 38.3 Å². The summed E-state index contributed by atoms with van der Waals surface area (Å²) >= 11 is 0. The predicted molar refractivity (Wildman–Crippen MR) is 111 cm³/mol. The number of hydrogen-bond acceptors (Lipinski definition) is 6. The molecule has 0 radical (unpaired) electrons. The van der Waals surface area contributed by atoms with Gasteiger partial charge in [0.15, 0.2) is 5.82 Å². The number of carbonyl (C=O) groups excluding carboxylic acids is 2. The van der Waals surface area contributed by atoms with E-state index in [9.17, 15) is 14.4 Å². The summed E-state index contributed by atoms with van der Waals surface area (Å²) in [5.41, 5.74) is -0.193. The van der Waals surface area contributed by atoms with Crippen LogP contribution < -0.4 is 10.3 Å². The van der Waals surface area contributed by atoms with Gasteiger partial charge in [-0.05, 0) is 32.9 Å². The lowest BCUT2D eigenvalue weighted by atomic mass is 10.1. The minimum Gasteiger partial charge on any atom is -0.465 e. The zero-order chi connectivity index (χ0) is 22.0. The molecule has 1 aromatic carbocycles. The molecule has 0 aliphatic carbocycles. The number of carbonyl (C=O) groups is 2. The summed E-state index contributed by atoms with van der Waals surface area (Å²) in [5, 5.41) is 0.124. The van der Waals surface area contributed by atoms with Crippen LogP contribution in [0.2, 0.25) is 0 Å². The molecule has 1 aromatic heterocycles. The Balaban J connectivity index is 2.01. The quantitative estimate of drug-likeness (QED) is 0.709. The number of aromatic nitrogens is 1. The van der Waals surface area contributed by atoms with Gasteiger partial charge in [0.05, 0.1) is 24.9 Å². The van der Waals surface area contributed by atoms with Gasteiger partial charge in [0, 0.05) is 43.8 Å². The summed E-state index contributed by atoms with van der Waals surface area (Å²) in [5.74, 6) is -1.28. The van der Waals surface area contributed by atoms with E-state index in [0.29, 0.717) is 38.5 Å². The van der Waals surface area contributed by atoms with Gasteiger partial charge >= 0.3 is 12.1 Å². The molecule has 2 heterocycles. The molecular formula is C21H26FN3O5. The average Bonchev–Trinajstić information content (AvgIpc) is 2.74. The Morgan fingerprint density at radius 2 is 1.97 bits per heavy atom. The number of esters is 1. The fourth-order valence-corrected chi connectivity index (χ4v) is 3.85. The van der Waals surface area contributed by atoms with Crippen LogP contribution in [0.25, 0.3) is 10.9 Å². The number of methoxy groups -OCH3 is 1. The normalized spacial score (nSPS) is 16.6. The van der Waals surface area contributed by atoms with Crippen molar-refractivity contribution in [2.45, 2.75) is 33.4 Å². The molecule has 162 valence electrons. The van der Waals surface area contributed by atoms with Crippen LogP contribution in [0.5, 0.6) is 0 Å². The third-order valence-electron chi connectivity index (χ3n) is 5.37. The number of benzene rings is 1. The number of anilines is 1. The van der Waals surface area contributed by atoms with Crippen molar-refractivity contribution in [3.63, 3.8) is 0 Å². The first kappa shape index (κ1) is 21.6. The lowest BCUT2D eigenvalue weighted by molar-refractivity contribution is 0.0598. The second-order valence-corrected chi connectivity index (χ2v) is 7.13. The maximum absolute atomic E-state index is 15.6. The Morgan fingerprint density at radius 1 is 1.23 bits per heavy atom. The van der Waals surface area contributed by atoms with Crippen molar-refractivity contribution in [3.8, 4) is 0 Å². The fourth-order valence-electron chi connectivity index (χ4n) is 3.85. The Bertz CT molecular complexity index is 1040. The molecule has 1 atom stereocenters. The lowest BCUT2D eigenvalue weighted by Crippen LogP contribution is -2.54. The highest BCUT2D eigenvalue weighted by atomic mass is 19.1. The van der Waals surface area contributed by atoms with Gasteiger partial charge in [-0.2, -0.15) is 0 Å². The number of amides is 1. The van der Waals surface area contributed by atoms with Gasteiger partial charge in [-0.15, -0.1) is 0 Å². The highest BCUT2D eigenvalue weighted by Gasteiger charge is 2.30. The molecule has 1 amide bonds. The highest BCUT2D eigenvalue weighted by molar-refractivity contribution is 5.94. The van der Waals surface area contributed by atoms with Crippen molar-refractivity contribution < 1.29 is 23.5 Å². The Labute approximate surface area is 173 Å². The van der Waals surface area contributed by atoms with Gasteiger partial charge in [-0.1, -0.05) is 0 Å². The smallest absolute Gasteiger partial charge is 0.410 e. The molecule has 1 aliphatic heterocycles. The van der Waals surface area contributed by atoms with Gasteiger partial charge in [0.2, 0.25) is 5.43 Å². The molecule has 1 unspecified atom stereocenters. The number of hydrogen-bond donors (Lipinski definition) is 0. The van der Waals surface area contributed by atoms with Crippen molar-refractivity contribution in [2.24, 2.45) is 0 Å². The first-order valence-corrected chi connectivity index (χ1v) is 9.96. The number of nitrogens with zero attached hydrogens (tertiary/aromatic N) is 3. The van der Waals surface area contributed by atoms with E-state index in [2.05, 4.69) is 4.74 Å². The summed E-state index contributed by atoms with van der Waals surface area (Å²) in [6, 6.07) is 2.92. The number of fused-ring (bicyclic) bond motifs is 1. The molecule has 1 aliphatic rings. The Morgan fingerprint density at radius 3 is 2.57 bits per heavy atom. The maximum atomic E-state index is 15.6. The van der Waals surface area contributed by atoms with E-state index in [1.165, 1.54) is 19.4 Å². The minimum atomic E-state index is -0.752. The summed E-state index contributed by atoms with van der Waals surface area (Å²) in [6.07, 6.45) is 0.962. The number of ether oxygens (including phenoxy) is 2. The molecule has 0 N–H and O–H groups in total. The first-order chi connectivity index (χ1) is 14.3. The van der Waals surface area contributed by atoms with Crippen LogP contribution in [0.15, 0.2) is 23.1 Å². The van der Waals surface area contributed by atoms with Gasteiger partial charge in [-0.25, -0.2) is 14.0 Å². The van der Waals surface area contributed by atoms with Crippen LogP contribution in [-0.4, -0.2) is 60.9 Å². The van der Waals surface area contributed by atoms with Gasteiger partial charge < -0.3 is 23.8 Å².